The van der Waals surface area contributed by atoms with E-state index in [1.807, 2.05) is 12.1 Å². The summed E-state index contributed by atoms with van der Waals surface area (Å²) in [7, 11) is 0. The molecule has 0 N–H and O–H groups in total. The maximum absolute atomic E-state index is 11.8. The fourth-order valence-electron chi connectivity index (χ4n) is 1.41. The molecule has 0 amide bonds. The van der Waals surface area contributed by atoms with Gasteiger partial charge in [-0.1, -0.05) is 30.3 Å². The lowest BCUT2D eigenvalue weighted by Gasteiger charge is -2.04. The van der Waals surface area contributed by atoms with Crippen molar-refractivity contribution in [1.82, 2.24) is 0 Å². The zero-order valence-corrected chi connectivity index (χ0v) is 8.96. The Hall–Kier alpha value is -2.60. The van der Waals surface area contributed by atoms with Gasteiger partial charge in [-0.15, -0.1) is 0 Å². The van der Waals surface area contributed by atoms with Crippen molar-refractivity contribution in [3.63, 3.8) is 0 Å². The molecule has 0 aromatic heterocycles. The van der Waals surface area contributed by atoms with Gasteiger partial charge in [0.05, 0.1) is 11.1 Å². The monoisotopic (exact) mass is 223 g/mol. The Morgan fingerprint density at radius 2 is 1.65 bits per heavy atom. The van der Waals surface area contributed by atoms with Crippen LogP contribution in [0.2, 0.25) is 0 Å². The molecule has 0 spiro atoms. The summed E-state index contributed by atoms with van der Waals surface area (Å²) in [6.45, 7) is 0. The molecule has 2 aromatic carbocycles. The maximum Gasteiger partial charge on any atom is 0.344 e. The van der Waals surface area contributed by atoms with Crippen molar-refractivity contribution in [2.24, 2.45) is 0 Å². The molecule has 82 valence electrons. The number of benzene rings is 2. The lowest BCUT2D eigenvalue weighted by atomic mass is 10.1. The summed E-state index contributed by atoms with van der Waals surface area (Å²) in [6.07, 6.45) is 0. The van der Waals surface area contributed by atoms with Crippen LogP contribution in [0.15, 0.2) is 54.6 Å². The van der Waals surface area contributed by atoms with Crippen LogP contribution in [0.25, 0.3) is 0 Å². The predicted octanol–water partition coefficient (Wildman–Crippen LogP) is 2.78. The van der Waals surface area contributed by atoms with Gasteiger partial charge in [0.15, 0.2) is 0 Å². The number of ether oxygens (including phenoxy) is 1. The summed E-state index contributed by atoms with van der Waals surface area (Å²) in [5.41, 5.74) is 0.590. The molecule has 17 heavy (non-hydrogen) atoms. The number of nitrogens with zero attached hydrogens (tertiary/aromatic N) is 1. The van der Waals surface area contributed by atoms with Crippen LogP contribution < -0.4 is 4.74 Å². The molecule has 0 aliphatic rings. The molecule has 0 aliphatic heterocycles. The van der Waals surface area contributed by atoms with Gasteiger partial charge in [-0.3, -0.25) is 0 Å². The third-order valence-electron chi connectivity index (χ3n) is 2.22. The second kappa shape index (κ2) is 4.95. The Balaban J connectivity index is 2.24. The van der Waals surface area contributed by atoms with E-state index in [-0.39, 0.29) is 5.56 Å². The number of esters is 1. The zero-order chi connectivity index (χ0) is 12.1. The SMILES string of the molecule is N#Cc1ccccc1C(=O)Oc1ccccc1. The van der Waals surface area contributed by atoms with Crippen LogP contribution in [0.1, 0.15) is 15.9 Å². The fraction of sp³-hybridized carbons (Fsp3) is 0. The first kappa shape index (κ1) is 10.9. The molecule has 0 fully saturated rings. The van der Waals surface area contributed by atoms with Crippen LogP contribution in [0.4, 0.5) is 0 Å². The molecule has 0 saturated heterocycles. The Kier molecular flexibility index (Phi) is 3.18. The summed E-state index contributed by atoms with van der Waals surface area (Å²) in [5.74, 6) is -0.0569. The van der Waals surface area contributed by atoms with Gasteiger partial charge in [0.1, 0.15) is 11.8 Å². The standard InChI is InChI=1S/C14H9NO2/c15-10-11-6-4-5-9-13(11)14(16)17-12-7-2-1-3-8-12/h1-9H. The largest absolute Gasteiger partial charge is 0.423 e. The molecule has 0 bridgehead atoms. The van der Waals surface area contributed by atoms with Crippen molar-refractivity contribution in [1.29, 1.82) is 5.26 Å². The van der Waals surface area contributed by atoms with E-state index >= 15 is 0 Å². The van der Waals surface area contributed by atoms with Crippen LogP contribution in [-0.4, -0.2) is 5.97 Å². The molecule has 2 rings (SSSR count). The highest BCUT2D eigenvalue weighted by atomic mass is 16.5. The van der Waals surface area contributed by atoms with Crippen LogP contribution in [0, 0.1) is 11.3 Å². The van der Waals surface area contributed by atoms with E-state index in [1.165, 1.54) is 0 Å². The van der Waals surface area contributed by atoms with Gasteiger partial charge in [-0.05, 0) is 24.3 Å². The highest BCUT2D eigenvalue weighted by Crippen LogP contribution is 2.14. The summed E-state index contributed by atoms with van der Waals surface area (Å²) >= 11 is 0. The number of hydrogen-bond donors (Lipinski definition) is 0. The molecule has 0 saturated carbocycles. The van der Waals surface area contributed by atoms with E-state index < -0.39 is 5.97 Å². The Bertz CT molecular complexity index is 570. The van der Waals surface area contributed by atoms with Gasteiger partial charge >= 0.3 is 5.97 Å². The van der Waals surface area contributed by atoms with Gasteiger partial charge < -0.3 is 4.74 Å². The number of para-hydroxylation sites is 1. The van der Waals surface area contributed by atoms with Gasteiger partial charge in [0.2, 0.25) is 0 Å². The minimum atomic E-state index is -0.520. The predicted molar refractivity (Wildman–Crippen MR) is 62.6 cm³/mol. The third kappa shape index (κ3) is 2.50. The Morgan fingerprint density at radius 1 is 1.00 bits per heavy atom. The van der Waals surface area contributed by atoms with E-state index in [2.05, 4.69) is 0 Å². The lowest BCUT2D eigenvalue weighted by Crippen LogP contribution is -2.10. The van der Waals surface area contributed by atoms with Crippen molar-refractivity contribution >= 4 is 5.97 Å². The number of hydrogen-bond acceptors (Lipinski definition) is 3. The topological polar surface area (TPSA) is 50.1 Å². The molecule has 0 atom stereocenters. The first-order valence-electron chi connectivity index (χ1n) is 5.07. The van der Waals surface area contributed by atoms with Gasteiger partial charge in [0, 0.05) is 0 Å². The number of carbonyl (C=O) groups is 1. The van der Waals surface area contributed by atoms with E-state index in [0.29, 0.717) is 11.3 Å². The Morgan fingerprint density at radius 3 is 2.35 bits per heavy atom. The molecule has 0 unspecified atom stereocenters. The number of carbonyl (C=O) groups excluding carboxylic acids is 1. The smallest absolute Gasteiger partial charge is 0.344 e. The van der Waals surface area contributed by atoms with Crippen LogP contribution in [-0.2, 0) is 0 Å². The second-order valence-corrected chi connectivity index (χ2v) is 3.36. The summed E-state index contributed by atoms with van der Waals surface area (Å²) in [4.78, 5) is 11.8. The average molecular weight is 223 g/mol. The number of rotatable bonds is 2. The van der Waals surface area contributed by atoms with Crippen molar-refractivity contribution in [2.45, 2.75) is 0 Å². The highest BCUT2D eigenvalue weighted by molar-refractivity contribution is 5.93. The maximum atomic E-state index is 11.8. The van der Waals surface area contributed by atoms with E-state index in [4.69, 9.17) is 10.00 Å². The Labute approximate surface area is 98.9 Å². The van der Waals surface area contributed by atoms with Gasteiger partial charge in [0.25, 0.3) is 0 Å². The first-order chi connectivity index (χ1) is 8.31. The lowest BCUT2D eigenvalue weighted by molar-refractivity contribution is 0.0734. The normalized spacial score (nSPS) is 9.35. The number of nitriles is 1. The summed E-state index contributed by atoms with van der Waals surface area (Å²) in [5, 5.41) is 8.88. The van der Waals surface area contributed by atoms with Crippen LogP contribution >= 0.6 is 0 Å². The minimum absolute atomic E-state index is 0.277. The van der Waals surface area contributed by atoms with Gasteiger partial charge in [-0.2, -0.15) is 5.26 Å². The van der Waals surface area contributed by atoms with Crippen molar-refractivity contribution in [2.75, 3.05) is 0 Å². The average Bonchev–Trinajstić information content (AvgIpc) is 2.40. The fourth-order valence-corrected chi connectivity index (χ4v) is 1.41. The quantitative estimate of drug-likeness (QED) is 0.581. The van der Waals surface area contributed by atoms with E-state index in [0.717, 1.165) is 0 Å². The van der Waals surface area contributed by atoms with Crippen LogP contribution in [0.5, 0.6) is 5.75 Å². The molecular weight excluding hydrogens is 214 g/mol. The molecule has 0 heterocycles. The molecular formula is C14H9NO2. The third-order valence-corrected chi connectivity index (χ3v) is 2.22. The molecule has 3 nitrogen and oxygen atoms in total. The van der Waals surface area contributed by atoms with Crippen molar-refractivity contribution in [3.05, 3.63) is 65.7 Å². The van der Waals surface area contributed by atoms with E-state index in [9.17, 15) is 4.79 Å². The second-order valence-electron chi connectivity index (χ2n) is 3.36. The summed E-state index contributed by atoms with van der Waals surface area (Å²) < 4.78 is 5.15. The molecule has 0 aliphatic carbocycles. The zero-order valence-electron chi connectivity index (χ0n) is 8.96. The van der Waals surface area contributed by atoms with E-state index in [1.54, 1.807) is 48.5 Å². The molecule has 2 aromatic rings. The minimum Gasteiger partial charge on any atom is -0.423 e. The van der Waals surface area contributed by atoms with Crippen LogP contribution in [0.3, 0.4) is 0 Å². The van der Waals surface area contributed by atoms with Crippen molar-refractivity contribution < 1.29 is 9.53 Å². The molecule has 0 radical (unpaired) electrons. The summed E-state index contributed by atoms with van der Waals surface area (Å²) in [6, 6.07) is 17.3. The highest BCUT2D eigenvalue weighted by Gasteiger charge is 2.12. The molecule has 3 heteroatoms. The van der Waals surface area contributed by atoms with Crippen molar-refractivity contribution in [3.8, 4) is 11.8 Å². The first-order valence-corrected chi connectivity index (χ1v) is 5.07. The van der Waals surface area contributed by atoms with Gasteiger partial charge in [-0.25, -0.2) is 4.79 Å².